The fourth-order valence-electron chi connectivity index (χ4n) is 1.39. The van der Waals surface area contributed by atoms with E-state index in [0.29, 0.717) is 5.69 Å². The zero-order valence-corrected chi connectivity index (χ0v) is 10.8. The van der Waals surface area contributed by atoms with Crippen molar-refractivity contribution in [2.45, 2.75) is 6.92 Å². The standard InChI is InChI=1S/C11H10N2O.CH2Cl2/c1-9-7-10(8-14)12-13(9)11-5-3-2-4-6-11;2-1-3/h2-8H,1H3;1H2. The number of carbonyl (C=O) groups excluding carboxylic acids is 1. The molecular formula is C12H12Cl2N2O. The summed E-state index contributed by atoms with van der Waals surface area (Å²) in [6, 6.07) is 11.5. The van der Waals surface area contributed by atoms with Gasteiger partial charge in [0.25, 0.3) is 0 Å². The topological polar surface area (TPSA) is 34.9 Å². The molecule has 0 N–H and O–H groups in total. The number of para-hydroxylation sites is 1. The fraction of sp³-hybridized carbons (Fsp3) is 0.167. The number of carbonyl (C=O) groups is 1. The van der Waals surface area contributed by atoms with Gasteiger partial charge in [-0.3, -0.25) is 4.79 Å². The van der Waals surface area contributed by atoms with Gasteiger partial charge in [0.15, 0.2) is 6.29 Å². The molecule has 3 nitrogen and oxygen atoms in total. The number of aldehydes is 1. The summed E-state index contributed by atoms with van der Waals surface area (Å²) < 4.78 is 1.75. The van der Waals surface area contributed by atoms with Crippen molar-refractivity contribution in [2.24, 2.45) is 0 Å². The highest BCUT2D eigenvalue weighted by molar-refractivity contribution is 6.40. The summed E-state index contributed by atoms with van der Waals surface area (Å²) in [4.78, 5) is 10.5. The van der Waals surface area contributed by atoms with Crippen LogP contribution in [0.15, 0.2) is 36.4 Å². The van der Waals surface area contributed by atoms with E-state index < -0.39 is 0 Å². The van der Waals surface area contributed by atoms with Gasteiger partial charge in [-0.15, -0.1) is 23.2 Å². The van der Waals surface area contributed by atoms with Crippen molar-refractivity contribution in [3.8, 4) is 5.69 Å². The summed E-state index contributed by atoms with van der Waals surface area (Å²) in [5.41, 5.74) is 2.39. The van der Waals surface area contributed by atoms with E-state index >= 15 is 0 Å². The van der Waals surface area contributed by atoms with Crippen molar-refractivity contribution < 1.29 is 4.79 Å². The molecule has 5 heteroatoms. The normalized spacial score (nSPS) is 9.35. The molecular weight excluding hydrogens is 259 g/mol. The number of halogens is 2. The maximum Gasteiger partial charge on any atom is 0.170 e. The third-order valence-corrected chi connectivity index (χ3v) is 2.03. The molecule has 90 valence electrons. The van der Waals surface area contributed by atoms with Gasteiger partial charge in [0, 0.05) is 5.69 Å². The van der Waals surface area contributed by atoms with Crippen molar-refractivity contribution in [2.75, 3.05) is 5.34 Å². The molecule has 1 heterocycles. The first kappa shape index (κ1) is 13.7. The Balaban J connectivity index is 0.000000437. The maximum absolute atomic E-state index is 10.5. The van der Waals surface area contributed by atoms with Gasteiger partial charge in [0.05, 0.1) is 11.0 Å². The zero-order valence-electron chi connectivity index (χ0n) is 9.31. The number of nitrogens with zero attached hydrogens (tertiary/aromatic N) is 2. The Labute approximate surface area is 110 Å². The smallest absolute Gasteiger partial charge is 0.170 e. The SMILES string of the molecule is Cc1cc(C=O)nn1-c1ccccc1.ClCCl. The Hall–Kier alpha value is -1.32. The van der Waals surface area contributed by atoms with Gasteiger partial charge in [0.2, 0.25) is 0 Å². The number of rotatable bonds is 2. The largest absolute Gasteiger partial charge is 0.296 e. The lowest BCUT2D eigenvalue weighted by Gasteiger charge is -2.02. The lowest BCUT2D eigenvalue weighted by Crippen LogP contribution is -1.98. The Morgan fingerprint density at radius 2 is 1.88 bits per heavy atom. The molecule has 0 saturated heterocycles. The van der Waals surface area contributed by atoms with Gasteiger partial charge in [-0.1, -0.05) is 18.2 Å². The van der Waals surface area contributed by atoms with Crippen LogP contribution in [0, 0.1) is 6.92 Å². The van der Waals surface area contributed by atoms with Crippen LogP contribution in [0.3, 0.4) is 0 Å². The molecule has 2 rings (SSSR count). The number of aryl methyl sites for hydroxylation is 1. The van der Waals surface area contributed by atoms with E-state index in [2.05, 4.69) is 5.10 Å². The minimum absolute atomic E-state index is 0.194. The fourth-order valence-corrected chi connectivity index (χ4v) is 1.39. The van der Waals surface area contributed by atoms with E-state index in [4.69, 9.17) is 23.2 Å². The first-order valence-corrected chi connectivity index (χ1v) is 5.99. The molecule has 1 aromatic carbocycles. The Bertz CT molecular complexity index is 469. The molecule has 0 spiro atoms. The maximum atomic E-state index is 10.5. The summed E-state index contributed by atoms with van der Waals surface area (Å²) in [7, 11) is 0. The molecule has 0 fully saturated rings. The molecule has 0 saturated carbocycles. The quantitative estimate of drug-likeness (QED) is 0.619. The van der Waals surface area contributed by atoms with Crippen LogP contribution in [0.4, 0.5) is 0 Å². The third kappa shape index (κ3) is 3.88. The average molecular weight is 271 g/mol. The molecule has 0 radical (unpaired) electrons. The highest BCUT2D eigenvalue weighted by Gasteiger charge is 2.03. The highest BCUT2D eigenvalue weighted by atomic mass is 35.5. The van der Waals surface area contributed by atoms with Crippen LogP contribution in [-0.4, -0.2) is 21.4 Å². The van der Waals surface area contributed by atoms with Crippen molar-refractivity contribution in [3.63, 3.8) is 0 Å². The van der Waals surface area contributed by atoms with E-state index in [9.17, 15) is 4.79 Å². The summed E-state index contributed by atoms with van der Waals surface area (Å²) in [6.45, 7) is 1.92. The summed E-state index contributed by atoms with van der Waals surface area (Å²) in [6.07, 6.45) is 0.756. The summed E-state index contributed by atoms with van der Waals surface area (Å²) >= 11 is 9.53. The Morgan fingerprint density at radius 1 is 1.29 bits per heavy atom. The van der Waals surface area contributed by atoms with E-state index in [1.165, 1.54) is 0 Å². The van der Waals surface area contributed by atoms with Gasteiger partial charge < -0.3 is 0 Å². The second kappa shape index (κ2) is 7.09. The van der Waals surface area contributed by atoms with Crippen LogP contribution >= 0.6 is 23.2 Å². The number of hydrogen-bond donors (Lipinski definition) is 0. The minimum Gasteiger partial charge on any atom is -0.296 e. The van der Waals surface area contributed by atoms with Gasteiger partial charge in [-0.25, -0.2) is 4.68 Å². The molecule has 2 aromatic rings. The molecule has 0 aliphatic heterocycles. The summed E-state index contributed by atoms with van der Waals surface area (Å²) in [5.74, 6) is 0. The first-order valence-electron chi connectivity index (χ1n) is 4.92. The zero-order chi connectivity index (χ0) is 12.7. The lowest BCUT2D eigenvalue weighted by molar-refractivity contribution is 0.111. The summed E-state index contributed by atoms with van der Waals surface area (Å²) in [5, 5.41) is 4.34. The van der Waals surface area contributed by atoms with Gasteiger partial charge >= 0.3 is 0 Å². The van der Waals surface area contributed by atoms with E-state index in [0.717, 1.165) is 17.7 Å². The number of benzene rings is 1. The van der Waals surface area contributed by atoms with Crippen LogP contribution in [0.1, 0.15) is 16.2 Å². The van der Waals surface area contributed by atoms with Crippen LogP contribution in [0.25, 0.3) is 5.69 Å². The molecule has 0 aliphatic carbocycles. The molecule has 17 heavy (non-hydrogen) atoms. The van der Waals surface area contributed by atoms with Gasteiger partial charge in [-0.05, 0) is 25.1 Å². The van der Waals surface area contributed by atoms with Gasteiger partial charge in [-0.2, -0.15) is 5.10 Å². The molecule has 0 aliphatic rings. The number of hydrogen-bond acceptors (Lipinski definition) is 2. The third-order valence-electron chi connectivity index (χ3n) is 2.03. The number of aromatic nitrogens is 2. The van der Waals surface area contributed by atoms with E-state index in [1.807, 2.05) is 37.3 Å². The predicted octanol–water partition coefficient (Wildman–Crippen LogP) is 3.41. The van der Waals surface area contributed by atoms with E-state index in [1.54, 1.807) is 10.7 Å². The van der Waals surface area contributed by atoms with Crippen LogP contribution < -0.4 is 0 Å². The highest BCUT2D eigenvalue weighted by Crippen LogP contribution is 2.10. The monoisotopic (exact) mass is 270 g/mol. The van der Waals surface area contributed by atoms with Crippen molar-refractivity contribution in [1.82, 2.24) is 9.78 Å². The molecule has 0 bridgehead atoms. The predicted molar refractivity (Wildman–Crippen MR) is 70.3 cm³/mol. The van der Waals surface area contributed by atoms with Crippen molar-refractivity contribution >= 4 is 29.5 Å². The van der Waals surface area contributed by atoms with Crippen LogP contribution in [-0.2, 0) is 0 Å². The van der Waals surface area contributed by atoms with Gasteiger partial charge in [0.1, 0.15) is 5.69 Å². The van der Waals surface area contributed by atoms with E-state index in [-0.39, 0.29) is 5.34 Å². The average Bonchev–Trinajstić information content (AvgIpc) is 2.73. The number of alkyl halides is 2. The Morgan fingerprint density at radius 3 is 2.35 bits per heavy atom. The minimum atomic E-state index is 0.194. The molecule has 1 aromatic heterocycles. The van der Waals surface area contributed by atoms with Crippen LogP contribution in [0.2, 0.25) is 0 Å². The second-order valence-electron chi connectivity index (χ2n) is 3.18. The van der Waals surface area contributed by atoms with Crippen LogP contribution in [0.5, 0.6) is 0 Å². The molecule has 0 unspecified atom stereocenters. The Kier molecular flexibility index (Phi) is 5.73. The molecule has 0 amide bonds. The van der Waals surface area contributed by atoms with Crippen molar-refractivity contribution in [3.05, 3.63) is 47.8 Å². The second-order valence-corrected chi connectivity index (χ2v) is 3.98. The first-order chi connectivity index (χ1) is 8.22. The van der Waals surface area contributed by atoms with Crippen molar-refractivity contribution in [1.29, 1.82) is 0 Å². The molecule has 0 atom stereocenters. The lowest BCUT2D eigenvalue weighted by atomic mass is 10.3.